The SMILES string of the molecule is Cc1cc(C)c2nc(NC(=O)Cn3nc4n(c3=O)CCCCC4)sc2c1. The number of nitrogens with zero attached hydrogens (tertiary/aromatic N) is 4. The minimum Gasteiger partial charge on any atom is -0.300 e. The first-order valence-electron chi connectivity index (χ1n) is 8.85. The van der Waals surface area contributed by atoms with Crippen molar-refractivity contribution in [1.29, 1.82) is 0 Å². The molecule has 0 saturated carbocycles. The lowest BCUT2D eigenvalue weighted by molar-refractivity contribution is -0.117. The Hall–Kier alpha value is -2.48. The van der Waals surface area contributed by atoms with Gasteiger partial charge in [0.2, 0.25) is 5.91 Å². The number of benzene rings is 1. The lowest BCUT2D eigenvalue weighted by atomic mass is 10.1. The molecule has 1 aromatic carbocycles. The smallest absolute Gasteiger partial charge is 0.300 e. The fourth-order valence-electron chi connectivity index (χ4n) is 3.45. The molecule has 0 atom stereocenters. The van der Waals surface area contributed by atoms with E-state index in [0.717, 1.165) is 47.3 Å². The van der Waals surface area contributed by atoms with Crippen LogP contribution in [0.2, 0.25) is 0 Å². The molecular formula is C18H21N5O2S. The molecule has 0 unspecified atom stereocenters. The third kappa shape index (κ3) is 3.16. The van der Waals surface area contributed by atoms with Crippen LogP contribution in [0.4, 0.5) is 5.13 Å². The van der Waals surface area contributed by atoms with E-state index in [0.29, 0.717) is 11.7 Å². The van der Waals surface area contributed by atoms with Crippen LogP contribution in [0.15, 0.2) is 16.9 Å². The Labute approximate surface area is 154 Å². The molecule has 1 aliphatic heterocycles. The summed E-state index contributed by atoms with van der Waals surface area (Å²) < 4.78 is 4.01. The fourth-order valence-corrected chi connectivity index (χ4v) is 4.51. The predicted molar refractivity (Wildman–Crippen MR) is 102 cm³/mol. The van der Waals surface area contributed by atoms with E-state index in [2.05, 4.69) is 27.5 Å². The van der Waals surface area contributed by atoms with Crippen molar-refractivity contribution in [3.8, 4) is 0 Å². The highest BCUT2D eigenvalue weighted by molar-refractivity contribution is 7.22. The number of fused-ring (bicyclic) bond motifs is 2. The number of hydrogen-bond donors (Lipinski definition) is 1. The summed E-state index contributed by atoms with van der Waals surface area (Å²) in [5, 5.41) is 7.70. The molecule has 7 nitrogen and oxygen atoms in total. The molecule has 8 heteroatoms. The van der Waals surface area contributed by atoms with Crippen molar-refractivity contribution < 1.29 is 4.79 Å². The van der Waals surface area contributed by atoms with Crippen LogP contribution in [0.1, 0.15) is 36.2 Å². The average Bonchev–Trinajstić information content (AvgIpc) is 2.99. The minimum absolute atomic E-state index is 0.0905. The van der Waals surface area contributed by atoms with Crippen LogP contribution in [0.5, 0.6) is 0 Å². The van der Waals surface area contributed by atoms with Gasteiger partial charge in [-0.1, -0.05) is 23.8 Å². The second-order valence-corrected chi connectivity index (χ2v) is 7.85. The van der Waals surface area contributed by atoms with Crippen molar-refractivity contribution in [2.75, 3.05) is 5.32 Å². The number of anilines is 1. The van der Waals surface area contributed by atoms with Crippen molar-refractivity contribution >= 4 is 32.6 Å². The van der Waals surface area contributed by atoms with Crippen LogP contribution in [-0.4, -0.2) is 25.2 Å². The van der Waals surface area contributed by atoms with E-state index in [1.807, 2.05) is 13.8 Å². The monoisotopic (exact) mass is 371 g/mol. The molecule has 1 aliphatic rings. The van der Waals surface area contributed by atoms with Crippen LogP contribution in [0.25, 0.3) is 10.2 Å². The molecule has 4 rings (SSSR count). The number of hydrogen-bond acceptors (Lipinski definition) is 5. The van der Waals surface area contributed by atoms with Gasteiger partial charge in [-0.2, -0.15) is 5.10 Å². The van der Waals surface area contributed by atoms with Gasteiger partial charge in [-0.3, -0.25) is 9.36 Å². The summed E-state index contributed by atoms with van der Waals surface area (Å²) in [6.45, 7) is 4.65. The molecule has 2 aromatic heterocycles. The Kier molecular flexibility index (Phi) is 4.36. The van der Waals surface area contributed by atoms with Gasteiger partial charge in [0.15, 0.2) is 5.13 Å². The lowest BCUT2D eigenvalue weighted by Gasteiger charge is -2.01. The quantitative estimate of drug-likeness (QED) is 0.767. The van der Waals surface area contributed by atoms with Crippen molar-refractivity contribution in [3.63, 3.8) is 0 Å². The number of nitrogens with one attached hydrogen (secondary N) is 1. The van der Waals surface area contributed by atoms with Crippen LogP contribution in [0.3, 0.4) is 0 Å². The van der Waals surface area contributed by atoms with Gasteiger partial charge in [0, 0.05) is 13.0 Å². The zero-order valence-corrected chi connectivity index (χ0v) is 15.7. The highest BCUT2D eigenvalue weighted by atomic mass is 32.1. The summed E-state index contributed by atoms with van der Waals surface area (Å²) >= 11 is 1.44. The number of carbonyl (C=O) groups excluding carboxylic acids is 1. The Morgan fingerprint density at radius 2 is 2.12 bits per heavy atom. The van der Waals surface area contributed by atoms with Gasteiger partial charge in [0.05, 0.1) is 10.2 Å². The standard InChI is InChI=1S/C18H21N5O2S/c1-11-8-12(2)16-13(9-11)26-17(20-16)19-15(24)10-23-18(25)22-7-5-3-4-6-14(22)21-23/h8-9H,3-7,10H2,1-2H3,(H,19,20,24). The second-order valence-electron chi connectivity index (χ2n) is 6.81. The Morgan fingerprint density at radius 1 is 1.27 bits per heavy atom. The summed E-state index contributed by atoms with van der Waals surface area (Å²) in [6.07, 6.45) is 3.92. The number of aryl methyl sites for hydroxylation is 3. The molecule has 0 saturated heterocycles. The Bertz CT molecular complexity index is 1050. The van der Waals surface area contributed by atoms with Crippen LogP contribution in [0, 0.1) is 13.8 Å². The zero-order valence-electron chi connectivity index (χ0n) is 14.9. The fraction of sp³-hybridized carbons (Fsp3) is 0.444. The number of thiazole rings is 1. The van der Waals surface area contributed by atoms with Gasteiger partial charge < -0.3 is 5.32 Å². The highest BCUT2D eigenvalue weighted by Crippen LogP contribution is 2.29. The van der Waals surface area contributed by atoms with E-state index >= 15 is 0 Å². The maximum absolute atomic E-state index is 12.4. The van der Waals surface area contributed by atoms with Crippen LogP contribution in [-0.2, 0) is 24.3 Å². The van der Waals surface area contributed by atoms with E-state index in [1.165, 1.54) is 21.6 Å². The van der Waals surface area contributed by atoms with Crippen LogP contribution >= 0.6 is 11.3 Å². The van der Waals surface area contributed by atoms with Gasteiger partial charge >= 0.3 is 5.69 Å². The topological polar surface area (TPSA) is 81.8 Å². The van der Waals surface area contributed by atoms with Crippen molar-refractivity contribution in [3.05, 3.63) is 39.6 Å². The molecule has 0 aliphatic carbocycles. The molecule has 136 valence electrons. The third-order valence-corrected chi connectivity index (χ3v) is 5.57. The van der Waals surface area contributed by atoms with Crippen molar-refractivity contribution in [1.82, 2.24) is 19.3 Å². The van der Waals surface area contributed by atoms with Crippen molar-refractivity contribution in [2.45, 2.75) is 52.6 Å². The third-order valence-electron chi connectivity index (χ3n) is 4.65. The highest BCUT2D eigenvalue weighted by Gasteiger charge is 2.18. The Morgan fingerprint density at radius 3 is 2.96 bits per heavy atom. The van der Waals surface area contributed by atoms with E-state index in [-0.39, 0.29) is 18.1 Å². The van der Waals surface area contributed by atoms with E-state index in [1.54, 1.807) is 4.57 Å². The molecule has 0 fully saturated rings. The molecular weight excluding hydrogens is 350 g/mol. The normalized spacial score (nSPS) is 14.2. The molecule has 1 amide bonds. The summed E-state index contributed by atoms with van der Waals surface area (Å²) in [7, 11) is 0. The molecule has 26 heavy (non-hydrogen) atoms. The summed E-state index contributed by atoms with van der Waals surface area (Å²) in [5.41, 5.74) is 2.96. The molecule has 3 aromatic rings. The van der Waals surface area contributed by atoms with Gasteiger partial charge in [-0.05, 0) is 43.9 Å². The molecule has 1 N–H and O–H groups in total. The van der Waals surface area contributed by atoms with E-state index in [9.17, 15) is 9.59 Å². The van der Waals surface area contributed by atoms with Gasteiger partial charge in [-0.25, -0.2) is 14.5 Å². The van der Waals surface area contributed by atoms with Gasteiger partial charge in [-0.15, -0.1) is 0 Å². The number of rotatable bonds is 3. The van der Waals surface area contributed by atoms with Gasteiger partial charge in [0.25, 0.3) is 0 Å². The maximum Gasteiger partial charge on any atom is 0.346 e. The first-order chi connectivity index (χ1) is 12.5. The Balaban J connectivity index is 1.53. The van der Waals surface area contributed by atoms with E-state index in [4.69, 9.17) is 0 Å². The largest absolute Gasteiger partial charge is 0.346 e. The van der Waals surface area contributed by atoms with Gasteiger partial charge in [0.1, 0.15) is 12.4 Å². The zero-order chi connectivity index (χ0) is 18.3. The molecule has 0 bridgehead atoms. The molecule has 3 heterocycles. The second kappa shape index (κ2) is 6.68. The maximum atomic E-state index is 12.4. The van der Waals surface area contributed by atoms with Crippen molar-refractivity contribution in [2.24, 2.45) is 0 Å². The van der Waals surface area contributed by atoms with E-state index < -0.39 is 0 Å². The number of carbonyl (C=O) groups is 1. The first kappa shape index (κ1) is 17.0. The summed E-state index contributed by atoms with van der Waals surface area (Å²) in [5.74, 6) is 0.500. The number of aromatic nitrogens is 4. The van der Waals surface area contributed by atoms with Crippen LogP contribution < -0.4 is 11.0 Å². The molecule has 0 radical (unpaired) electrons. The molecule has 0 spiro atoms. The average molecular weight is 371 g/mol. The minimum atomic E-state index is -0.284. The number of amides is 1. The summed E-state index contributed by atoms with van der Waals surface area (Å²) in [4.78, 5) is 29.3. The predicted octanol–water partition coefficient (Wildman–Crippen LogP) is 2.64. The lowest BCUT2D eigenvalue weighted by Crippen LogP contribution is -2.30. The first-order valence-corrected chi connectivity index (χ1v) is 9.67. The summed E-state index contributed by atoms with van der Waals surface area (Å²) in [6, 6.07) is 4.14.